The van der Waals surface area contributed by atoms with E-state index in [9.17, 15) is 4.39 Å². The van der Waals surface area contributed by atoms with Crippen molar-refractivity contribution in [3.05, 3.63) is 34.6 Å². The van der Waals surface area contributed by atoms with Crippen LogP contribution in [0.3, 0.4) is 0 Å². The number of halogens is 2. The highest BCUT2D eigenvalue weighted by molar-refractivity contribution is 6.31. The van der Waals surface area contributed by atoms with Gasteiger partial charge >= 0.3 is 0 Å². The number of hydrogen-bond donors (Lipinski definition) is 1. The molecule has 1 aliphatic rings. The van der Waals surface area contributed by atoms with Gasteiger partial charge < -0.3 is 10.5 Å². The first-order chi connectivity index (χ1) is 9.59. The van der Waals surface area contributed by atoms with E-state index in [2.05, 4.69) is 0 Å². The largest absolute Gasteiger partial charge is 0.374 e. The Balaban J connectivity index is 2.15. The molecular weight excluding hydrogens is 277 g/mol. The fourth-order valence-corrected chi connectivity index (χ4v) is 3.39. The Bertz CT molecular complexity index is 441. The van der Waals surface area contributed by atoms with Crippen molar-refractivity contribution in [2.24, 2.45) is 5.73 Å². The predicted molar refractivity (Wildman–Crippen MR) is 80.5 cm³/mol. The van der Waals surface area contributed by atoms with Gasteiger partial charge in [0, 0.05) is 12.6 Å². The molecule has 2 nitrogen and oxygen atoms in total. The van der Waals surface area contributed by atoms with Crippen LogP contribution in [0.1, 0.15) is 44.6 Å². The molecule has 0 spiro atoms. The molecule has 1 aliphatic carbocycles. The molecule has 1 saturated carbocycles. The fraction of sp³-hybridized carbons (Fsp3) is 0.625. The fourth-order valence-electron chi connectivity index (χ4n) is 3.19. The van der Waals surface area contributed by atoms with E-state index < -0.39 is 0 Å². The minimum absolute atomic E-state index is 0.151. The molecule has 1 aromatic carbocycles. The van der Waals surface area contributed by atoms with Crippen LogP contribution in [0, 0.1) is 5.82 Å². The number of nitrogens with two attached hydrogens (primary N) is 1. The van der Waals surface area contributed by atoms with Gasteiger partial charge in [-0.15, -0.1) is 0 Å². The van der Waals surface area contributed by atoms with Crippen LogP contribution in [-0.2, 0) is 11.2 Å². The lowest BCUT2D eigenvalue weighted by Crippen LogP contribution is -2.52. The molecule has 1 atom stereocenters. The molecule has 0 aliphatic heterocycles. The zero-order chi connectivity index (χ0) is 14.6. The molecule has 1 unspecified atom stereocenters. The average molecular weight is 300 g/mol. The first kappa shape index (κ1) is 15.7. The average Bonchev–Trinajstić information content (AvgIpc) is 2.45. The Morgan fingerprint density at radius 3 is 2.70 bits per heavy atom. The Morgan fingerprint density at radius 2 is 2.05 bits per heavy atom. The maximum atomic E-state index is 13.5. The quantitative estimate of drug-likeness (QED) is 0.889. The van der Waals surface area contributed by atoms with Crippen LogP contribution in [0.25, 0.3) is 0 Å². The SMILES string of the molecule is CCOC1(C(N)Cc2cccc(F)c2Cl)CCCCC1. The Morgan fingerprint density at radius 1 is 1.35 bits per heavy atom. The summed E-state index contributed by atoms with van der Waals surface area (Å²) in [5, 5.41) is 0.186. The van der Waals surface area contributed by atoms with Gasteiger partial charge in [-0.3, -0.25) is 0 Å². The third-order valence-corrected chi connectivity index (χ3v) is 4.70. The summed E-state index contributed by atoms with van der Waals surface area (Å²) in [7, 11) is 0. The van der Waals surface area contributed by atoms with Gasteiger partial charge in [0.05, 0.1) is 10.6 Å². The topological polar surface area (TPSA) is 35.2 Å². The Labute approximate surface area is 125 Å². The van der Waals surface area contributed by atoms with Crippen molar-refractivity contribution in [3.63, 3.8) is 0 Å². The highest BCUT2D eigenvalue weighted by atomic mass is 35.5. The number of hydrogen-bond acceptors (Lipinski definition) is 2. The van der Waals surface area contributed by atoms with E-state index in [0.717, 1.165) is 31.2 Å². The van der Waals surface area contributed by atoms with Gasteiger partial charge in [-0.2, -0.15) is 0 Å². The lowest BCUT2D eigenvalue weighted by Gasteiger charge is -2.41. The molecule has 1 aromatic rings. The maximum Gasteiger partial charge on any atom is 0.142 e. The van der Waals surface area contributed by atoms with Crippen molar-refractivity contribution in [2.75, 3.05) is 6.61 Å². The van der Waals surface area contributed by atoms with Crippen LogP contribution in [0.4, 0.5) is 4.39 Å². The normalized spacial score (nSPS) is 19.8. The highest BCUT2D eigenvalue weighted by Gasteiger charge is 2.38. The van der Waals surface area contributed by atoms with Crippen molar-refractivity contribution in [1.82, 2.24) is 0 Å². The van der Waals surface area contributed by atoms with E-state index in [-0.39, 0.29) is 22.5 Å². The molecule has 2 N–H and O–H groups in total. The molecule has 20 heavy (non-hydrogen) atoms. The van der Waals surface area contributed by atoms with Crippen molar-refractivity contribution in [2.45, 2.75) is 57.1 Å². The summed E-state index contributed by atoms with van der Waals surface area (Å²) in [5.41, 5.74) is 6.91. The summed E-state index contributed by atoms with van der Waals surface area (Å²) >= 11 is 6.03. The van der Waals surface area contributed by atoms with E-state index >= 15 is 0 Å². The van der Waals surface area contributed by atoms with Crippen LogP contribution in [0.15, 0.2) is 18.2 Å². The van der Waals surface area contributed by atoms with Gasteiger partial charge in [0.1, 0.15) is 5.82 Å². The minimum Gasteiger partial charge on any atom is -0.374 e. The summed E-state index contributed by atoms with van der Waals surface area (Å²) in [6.45, 7) is 2.66. The zero-order valence-corrected chi connectivity index (χ0v) is 12.8. The lowest BCUT2D eigenvalue weighted by molar-refractivity contribution is -0.0817. The van der Waals surface area contributed by atoms with Crippen molar-refractivity contribution >= 4 is 11.6 Å². The lowest BCUT2D eigenvalue weighted by atomic mass is 9.77. The molecule has 112 valence electrons. The second kappa shape index (κ2) is 6.88. The summed E-state index contributed by atoms with van der Waals surface area (Å²) in [5.74, 6) is -0.384. The highest BCUT2D eigenvalue weighted by Crippen LogP contribution is 2.35. The van der Waals surface area contributed by atoms with Gasteiger partial charge in [-0.05, 0) is 37.8 Å². The molecule has 0 radical (unpaired) electrons. The Hall–Kier alpha value is -0.640. The van der Waals surface area contributed by atoms with E-state index in [0.29, 0.717) is 13.0 Å². The Kier molecular flexibility index (Phi) is 5.42. The van der Waals surface area contributed by atoms with Gasteiger partial charge in [0.15, 0.2) is 0 Å². The van der Waals surface area contributed by atoms with Crippen LogP contribution >= 0.6 is 11.6 Å². The van der Waals surface area contributed by atoms with Crippen LogP contribution in [0.2, 0.25) is 5.02 Å². The second-order valence-electron chi connectivity index (χ2n) is 5.58. The molecule has 0 aromatic heterocycles. The molecule has 0 heterocycles. The van der Waals surface area contributed by atoms with E-state index in [1.807, 2.05) is 13.0 Å². The molecule has 2 rings (SSSR count). The van der Waals surface area contributed by atoms with Crippen molar-refractivity contribution in [3.8, 4) is 0 Å². The minimum atomic E-state index is -0.384. The van der Waals surface area contributed by atoms with Crippen LogP contribution < -0.4 is 5.73 Å². The molecule has 1 fully saturated rings. The number of benzene rings is 1. The smallest absolute Gasteiger partial charge is 0.142 e. The summed E-state index contributed by atoms with van der Waals surface area (Å²) in [6.07, 6.45) is 6.04. The summed E-state index contributed by atoms with van der Waals surface area (Å²) in [4.78, 5) is 0. The van der Waals surface area contributed by atoms with Gasteiger partial charge in [0.2, 0.25) is 0 Å². The maximum absolute atomic E-state index is 13.5. The van der Waals surface area contributed by atoms with Crippen LogP contribution in [0.5, 0.6) is 0 Å². The molecule has 0 bridgehead atoms. The molecule has 0 saturated heterocycles. The number of rotatable bonds is 5. The van der Waals surface area contributed by atoms with Gasteiger partial charge in [-0.1, -0.05) is 43.0 Å². The summed E-state index contributed by atoms with van der Waals surface area (Å²) < 4.78 is 19.5. The van der Waals surface area contributed by atoms with Crippen LogP contribution in [-0.4, -0.2) is 18.2 Å². The van der Waals surface area contributed by atoms with Gasteiger partial charge in [0.25, 0.3) is 0 Å². The summed E-state index contributed by atoms with van der Waals surface area (Å²) in [6, 6.07) is 4.74. The molecule has 0 amide bonds. The first-order valence-corrected chi connectivity index (χ1v) is 7.79. The number of ether oxygens (including phenoxy) is 1. The third kappa shape index (κ3) is 3.33. The standard InChI is InChI=1S/C16H23ClFNO/c1-2-20-16(9-4-3-5-10-16)14(19)11-12-7-6-8-13(18)15(12)17/h6-8,14H,2-5,9-11,19H2,1H3. The van der Waals surface area contributed by atoms with E-state index in [4.69, 9.17) is 22.1 Å². The monoisotopic (exact) mass is 299 g/mol. The van der Waals surface area contributed by atoms with Crippen molar-refractivity contribution in [1.29, 1.82) is 0 Å². The third-order valence-electron chi connectivity index (χ3n) is 4.28. The molecule has 4 heteroatoms. The predicted octanol–water partition coefficient (Wildman–Crippen LogP) is 4.09. The molecular formula is C16H23ClFNO. The first-order valence-electron chi connectivity index (χ1n) is 7.41. The zero-order valence-electron chi connectivity index (χ0n) is 12.0. The van der Waals surface area contributed by atoms with Crippen molar-refractivity contribution < 1.29 is 9.13 Å². The van der Waals surface area contributed by atoms with E-state index in [1.165, 1.54) is 12.5 Å². The van der Waals surface area contributed by atoms with Gasteiger partial charge in [-0.25, -0.2) is 4.39 Å². The van der Waals surface area contributed by atoms with E-state index in [1.54, 1.807) is 6.07 Å². The second-order valence-corrected chi connectivity index (χ2v) is 5.96.